The van der Waals surface area contributed by atoms with Crippen molar-refractivity contribution in [3.63, 3.8) is 0 Å². The molecule has 3 rings (SSSR count). The predicted octanol–water partition coefficient (Wildman–Crippen LogP) is 3.73. The smallest absolute Gasteiger partial charge is 0.131 e. The van der Waals surface area contributed by atoms with Gasteiger partial charge in [0.15, 0.2) is 0 Å². The van der Waals surface area contributed by atoms with Gasteiger partial charge in [0.05, 0.1) is 6.54 Å². The molecule has 0 bridgehead atoms. The summed E-state index contributed by atoms with van der Waals surface area (Å²) in [6.45, 7) is 3.01. The maximum absolute atomic E-state index is 4.89. The van der Waals surface area contributed by atoms with Crippen LogP contribution in [-0.2, 0) is 6.54 Å². The lowest BCUT2D eigenvalue weighted by molar-refractivity contribution is 0.517. The minimum absolute atomic E-state index is 0.752. The fourth-order valence-electron chi connectivity index (χ4n) is 2.64. The van der Waals surface area contributed by atoms with Crippen molar-refractivity contribution in [1.29, 1.82) is 0 Å². The summed E-state index contributed by atoms with van der Waals surface area (Å²) in [5.74, 6) is 1.15. The van der Waals surface area contributed by atoms with E-state index in [4.69, 9.17) is 4.99 Å². The molecule has 0 spiro atoms. The second-order valence-electron chi connectivity index (χ2n) is 5.19. The summed E-state index contributed by atoms with van der Waals surface area (Å²) in [5, 5.41) is 0. The van der Waals surface area contributed by atoms with Crippen molar-refractivity contribution in [3.05, 3.63) is 71.8 Å². The van der Waals surface area contributed by atoms with Crippen LogP contribution in [0.25, 0.3) is 0 Å². The Hall–Kier alpha value is -2.09. The zero-order valence-electron chi connectivity index (χ0n) is 11.7. The highest BCUT2D eigenvalue weighted by Crippen LogP contribution is 2.15. The van der Waals surface area contributed by atoms with Crippen LogP contribution in [0.1, 0.15) is 24.0 Å². The molecule has 1 fully saturated rings. The highest BCUT2D eigenvalue weighted by atomic mass is 15.2. The number of likely N-dealkylation sites (tertiary alicyclic amines) is 1. The molecule has 1 aliphatic rings. The van der Waals surface area contributed by atoms with Gasteiger partial charge in [-0.1, -0.05) is 60.7 Å². The van der Waals surface area contributed by atoms with E-state index in [0.29, 0.717) is 0 Å². The first-order valence-corrected chi connectivity index (χ1v) is 7.32. The summed E-state index contributed by atoms with van der Waals surface area (Å²) in [6, 6.07) is 21.0. The first-order chi connectivity index (χ1) is 9.93. The Balaban J connectivity index is 1.85. The third-order valence-electron chi connectivity index (χ3n) is 3.69. The highest BCUT2D eigenvalue weighted by molar-refractivity contribution is 5.98. The Labute approximate surface area is 120 Å². The molecule has 0 aliphatic carbocycles. The minimum Gasteiger partial charge on any atom is -0.356 e. The summed E-state index contributed by atoms with van der Waals surface area (Å²) < 4.78 is 0. The average molecular weight is 264 g/mol. The van der Waals surface area contributed by atoms with Crippen LogP contribution in [0.5, 0.6) is 0 Å². The van der Waals surface area contributed by atoms with Crippen LogP contribution in [-0.4, -0.2) is 23.8 Å². The Morgan fingerprint density at radius 2 is 1.45 bits per heavy atom. The molecule has 0 saturated carbocycles. The van der Waals surface area contributed by atoms with Crippen LogP contribution in [0.3, 0.4) is 0 Å². The van der Waals surface area contributed by atoms with Crippen molar-refractivity contribution in [2.75, 3.05) is 13.1 Å². The molecule has 1 saturated heterocycles. The van der Waals surface area contributed by atoms with Gasteiger partial charge in [0.2, 0.25) is 0 Å². The molecular weight excluding hydrogens is 244 g/mol. The van der Waals surface area contributed by atoms with Crippen LogP contribution >= 0.6 is 0 Å². The van der Waals surface area contributed by atoms with Crippen molar-refractivity contribution in [3.8, 4) is 0 Å². The number of amidine groups is 1. The lowest BCUT2D eigenvalue weighted by atomic mass is 10.2. The number of aliphatic imine (C=N–C) groups is 1. The second-order valence-corrected chi connectivity index (χ2v) is 5.19. The van der Waals surface area contributed by atoms with Gasteiger partial charge in [-0.3, -0.25) is 4.99 Å². The largest absolute Gasteiger partial charge is 0.356 e. The summed E-state index contributed by atoms with van der Waals surface area (Å²) in [7, 11) is 0. The molecule has 20 heavy (non-hydrogen) atoms. The van der Waals surface area contributed by atoms with E-state index in [1.54, 1.807) is 0 Å². The normalized spacial score (nSPS) is 15.6. The van der Waals surface area contributed by atoms with E-state index >= 15 is 0 Å². The van der Waals surface area contributed by atoms with Crippen molar-refractivity contribution >= 4 is 5.84 Å². The zero-order chi connectivity index (χ0) is 13.6. The summed E-state index contributed by atoms with van der Waals surface area (Å²) in [6.07, 6.45) is 2.55. The lowest BCUT2D eigenvalue weighted by Gasteiger charge is -2.20. The van der Waals surface area contributed by atoms with Crippen molar-refractivity contribution in [2.45, 2.75) is 19.4 Å². The van der Waals surface area contributed by atoms with E-state index in [1.165, 1.54) is 24.0 Å². The molecule has 0 N–H and O–H groups in total. The summed E-state index contributed by atoms with van der Waals surface area (Å²) in [5.41, 5.74) is 2.49. The Bertz CT molecular complexity index is 554. The lowest BCUT2D eigenvalue weighted by Crippen LogP contribution is -2.28. The Morgan fingerprint density at radius 3 is 2.10 bits per heavy atom. The van der Waals surface area contributed by atoms with E-state index in [2.05, 4.69) is 59.5 Å². The third-order valence-corrected chi connectivity index (χ3v) is 3.69. The van der Waals surface area contributed by atoms with Crippen molar-refractivity contribution < 1.29 is 0 Å². The second kappa shape index (κ2) is 6.38. The summed E-state index contributed by atoms with van der Waals surface area (Å²) >= 11 is 0. The van der Waals surface area contributed by atoms with E-state index in [1.807, 2.05) is 6.07 Å². The molecule has 102 valence electrons. The number of nitrogens with zero attached hydrogens (tertiary/aromatic N) is 2. The van der Waals surface area contributed by atoms with E-state index in [9.17, 15) is 0 Å². The highest BCUT2D eigenvalue weighted by Gasteiger charge is 2.17. The molecular formula is C18H20N2. The van der Waals surface area contributed by atoms with Gasteiger partial charge in [0.25, 0.3) is 0 Å². The number of hydrogen-bond acceptors (Lipinski definition) is 1. The Morgan fingerprint density at radius 1 is 0.850 bits per heavy atom. The van der Waals surface area contributed by atoms with Gasteiger partial charge in [-0.15, -0.1) is 0 Å². The molecule has 1 heterocycles. The van der Waals surface area contributed by atoms with E-state index in [0.717, 1.165) is 25.5 Å². The Kier molecular flexibility index (Phi) is 4.12. The van der Waals surface area contributed by atoms with Crippen molar-refractivity contribution in [2.24, 2.45) is 4.99 Å². The van der Waals surface area contributed by atoms with E-state index < -0.39 is 0 Å². The molecule has 0 atom stereocenters. The molecule has 0 unspecified atom stereocenters. The molecule has 2 aromatic carbocycles. The molecule has 0 aromatic heterocycles. The topological polar surface area (TPSA) is 15.6 Å². The van der Waals surface area contributed by atoms with Gasteiger partial charge >= 0.3 is 0 Å². The van der Waals surface area contributed by atoms with Gasteiger partial charge in [-0.05, 0) is 18.4 Å². The molecule has 0 amide bonds. The van der Waals surface area contributed by atoms with Gasteiger partial charge in [-0.2, -0.15) is 0 Å². The fourth-order valence-corrected chi connectivity index (χ4v) is 2.64. The minimum atomic E-state index is 0.752. The quantitative estimate of drug-likeness (QED) is 0.609. The van der Waals surface area contributed by atoms with Gasteiger partial charge in [0, 0.05) is 18.7 Å². The van der Waals surface area contributed by atoms with Crippen LogP contribution in [0.2, 0.25) is 0 Å². The number of hydrogen-bond donors (Lipinski definition) is 0. The predicted molar refractivity (Wildman–Crippen MR) is 83.9 cm³/mol. The standard InChI is InChI=1S/C18H20N2/c1-3-9-16(10-4-1)15-19-18(20-13-7-8-14-20)17-11-5-2-6-12-17/h1-6,9-12H,7-8,13-15H2. The molecule has 2 heteroatoms. The SMILES string of the molecule is c1ccc(CN=C(c2ccccc2)N2CCCC2)cc1. The van der Waals surface area contributed by atoms with Gasteiger partial charge < -0.3 is 4.90 Å². The van der Waals surface area contributed by atoms with Crippen molar-refractivity contribution in [1.82, 2.24) is 4.90 Å². The van der Waals surface area contributed by atoms with Gasteiger partial charge in [0.1, 0.15) is 5.84 Å². The third kappa shape index (κ3) is 3.08. The maximum atomic E-state index is 4.89. The fraction of sp³-hybridized carbons (Fsp3) is 0.278. The van der Waals surface area contributed by atoms with Crippen LogP contribution in [0, 0.1) is 0 Å². The monoisotopic (exact) mass is 264 g/mol. The molecule has 1 aliphatic heterocycles. The maximum Gasteiger partial charge on any atom is 0.131 e. The van der Waals surface area contributed by atoms with Gasteiger partial charge in [-0.25, -0.2) is 0 Å². The van der Waals surface area contributed by atoms with Crippen LogP contribution < -0.4 is 0 Å². The first kappa shape index (κ1) is 12.9. The molecule has 0 radical (unpaired) electrons. The average Bonchev–Trinajstić information content (AvgIpc) is 3.04. The number of rotatable bonds is 3. The molecule has 2 aromatic rings. The van der Waals surface area contributed by atoms with Crippen LogP contribution in [0.15, 0.2) is 65.7 Å². The van der Waals surface area contributed by atoms with E-state index in [-0.39, 0.29) is 0 Å². The first-order valence-electron chi connectivity index (χ1n) is 7.32. The zero-order valence-corrected chi connectivity index (χ0v) is 11.7. The van der Waals surface area contributed by atoms with Crippen LogP contribution in [0.4, 0.5) is 0 Å². The number of benzene rings is 2. The summed E-state index contributed by atoms with van der Waals surface area (Å²) in [4.78, 5) is 7.30. The molecule has 2 nitrogen and oxygen atoms in total.